The van der Waals surface area contributed by atoms with E-state index in [1.165, 1.54) is 0 Å². The first-order valence-electron chi connectivity index (χ1n) is 7.01. The van der Waals surface area contributed by atoms with Gasteiger partial charge in [-0.3, -0.25) is 4.79 Å². The molecule has 1 aliphatic rings. The molecule has 2 atom stereocenters. The number of urea groups is 1. The van der Waals surface area contributed by atoms with Crippen LogP contribution < -0.4 is 11.1 Å². The second-order valence-corrected chi connectivity index (χ2v) is 6.00. The number of carbonyl (C=O) groups excluding carboxylic acids is 2. The predicted molar refractivity (Wildman–Crippen MR) is 83.3 cm³/mol. The van der Waals surface area contributed by atoms with E-state index in [4.69, 9.17) is 17.3 Å². The molecule has 6 heteroatoms. The number of primary amides is 1. The molecule has 3 amide bonds. The van der Waals surface area contributed by atoms with Gasteiger partial charge in [-0.05, 0) is 44.4 Å². The number of anilines is 1. The van der Waals surface area contributed by atoms with E-state index in [1.807, 2.05) is 26.0 Å². The van der Waals surface area contributed by atoms with Crippen LogP contribution in [0.5, 0.6) is 0 Å². The van der Waals surface area contributed by atoms with Crippen LogP contribution in [0.1, 0.15) is 25.3 Å². The Morgan fingerprint density at radius 3 is 2.76 bits per heavy atom. The lowest BCUT2D eigenvalue weighted by molar-refractivity contribution is -0.123. The first kappa shape index (κ1) is 15.6. The van der Waals surface area contributed by atoms with Gasteiger partial charge in [0.2, 0.25) is 5.91 Å². The second-order valence-electron chi connectivity index (χ2n) is 5.59. The highest BCUT2D eigenvalue weighted by Crippen LogP contribution is 2.26. The Labute approximate surface area is 129 Å². The van der Waals surface area contributed by atoms with Gasteiger partial charge >= 0.3 is 6.03 Å². The van der Waals surface area contributed by atoms with Crippen molar-refractivity contribution < 1.29 is 9.59 Å². The van der Waals surface area contributed by atoms with Crippen LogP contribution in [0.3, 0.4) is 0 Å². The molecule has 3 N–H and O–H groups in total. The molecule has 1 aliphatic heterocycles. The lowest BCUT2D eigenvalue weighted by Gasteiger charge is -2.36. The van der Waals surface area contributed by atoms with Crippen LogP contribution in [0.15, 0.2) is 18.2 Å². The van der Waals surface area contributed by atoms with Crippen LogP contribution in [0.4, 0.5) is 10.5 Å². The molecular weight excluding hydrogens is 290 g/mol. The fourth-order valence-corrected chi connectivity index (χ4v) is 2.71. The second kappa shape index (κ2) is 6.35. The van der Waals surface area contributed by atoms with Crippen LogP contribution in [-0.4, -0.2) is 29.4 Å². The summed E-state index contributed by atoms with van der Waals surface area (Å²) in [6.07, 6.45) is 1.49. The van der Waals surface area contributed by atoms with Gasteiger partial charge in [-0.1, -0.05) is 17.7 Å². The Balaban J connectivity index is 2.11. The monoisotopic (exact) mass is 309 g/mol. The molecule has 0 saturated carbocycles. The van der Waals surface area contributed by atoms with E-state index in [-0.39, 0.29) is 23.9 Å². The van der Waals surface area contributed by atoms with Crippen LogP contribution in [-0.2, 0) is 4.79 Å². The van der Waals surface area contributed by atoms with E-state index in [0.29, 0.717) is 17.3 Å². The van der Waals surface area contributed by atoms with Crippen molar-refractivity contribution in [3.05, 3.63) is 28.8 Å². The number of aryl methyl sites for hydroxylation is 1. The molecule has 1 heterocycles. The lowest BCUT2D eigenvalue weighted by atomic mass is 9.93. The summed E-state index contributed by atoms with van der Waals surface area (Å²) in [6, 6.07) is 5.27. The molecule has 114 valence electrons. The van der Waals surface area contributed by atoms with E-state index in [2.05, 4.69) is 5.32 Å². The van der Waals surface area contributed by atoms with E-state index in [0.717, 1.165) is 18.4 Å². The summed E-state index contributed by atoms with van der Waals surface area (Å²) in [6.45, 7) is 4.25. The molecule has 1 aromatic rings. The van der Waals surface area contributed by atoms with E-state index >= 15 is 0 Å². The molecule has 0 unspecified atom stereocenters. The van der Waals surface area contributed by atoms with Crippen LogP contribution in [0.25, 0.3) is 0 Å². The molecule has 0 radical (unpaired) electrons. The minimum absolute atomic E-state index is 0.0733. The van der Waals surface area contributed by atoms with E-state index in [9.17, 15) is 9.59 Å². The van der Waals surface area contributed by atoms with Crippen molar-refractivity contribution in [1.82, 2.24) is 4.90 Å². The van der Waals surface area contributed by atoms with E-state index < -0.39 is 0 Å². The van der Waals surface area contributed by atoms with Gasteiger partial charge in [0.25, 0.3) is 0 Å². The SMILES string of the molecule is Cc1ccc(Cl)c(NC(=O)N2C[C@@H](C(N)=O)CC[C@H]2C)c1. The smallest absolute Gasteiger partial charge is 0.322 e. The molecule has 0 spiro atoms. The van der Waals surface area contributed by atoms with Crippen molar-refractivity contribution in [1.29, 1.82) is 0 Å². The van der Waals surface area contributed by atoms with Gasteiger partial charge in [0.1, 0.15) is 0 Å². The van der Waals surface area contributed by atoms with Crippen molar-refractivity contribution in [3.8, 4) is 0 Å². The number of hydrogen-bond acceptors (Lipinski definition) is 2. The summed E-state index contributed by atoms with van der Waals surface area (Å²) >= 11 is 6.09. The van der Waals surface area contributed by atoms with Gasteiger partial charge in [0.05, 0.1) is 16.6 Å². The Kier molecular flexibility index (Phi) is 4.73. The van der Waals surface area contributed by atoms with Gasteiger partial charge in [0.15, 0.2) is 0 Å². The third-order valence-electron chi connectivity index (χ3n) is 3.91. The number of piperidine rings is 1. The molecule has 1 saturated heterocycles. The maximum absolute atomic E-state index is 12.4. The highest BCUT2D eigenvalue weighted by Gasteiger charge is 2.31. The van der Waals surface area contributed by atoms with E-state index in [1.54, 1.807) is 11.0 Å². The normalized spacial score (nSPS) is 22.0. The maximum atomic E-state index is 12.4. The zero-order valence-electron chi connectivity index (χ0n) is 12.2. The van der Waals surface area contributed by atoms with Crippen molar-refractivity contribution in [2.24, 2.45) is 11.7 Å². The topological polar surface area (TPSA) is 75.4 Å². The number of nitrogens with zero attached hydrogens (tertiary/aromatic N) is 1. The van der Waals surface area contributed by atoms with Gasteiger partial charge in [-0.25, -0.2) is 4.79 Å². The van der Waals surface area contributed by atoms with Crippen LogP contribution in [0, 0.1) is 12.8 Å². The summed E-state index contributed by atoms with van der Waals surface area (Å²) in [5.41, 5.74) is 6.94. The average Bonchev–Trinajstić information content (AvgIpc) is 2.43. The summed E-state index contributed by atoms with van der Waals surface area (Å²) in [7, 11) is 0. The molecule has 2 rings (SSSR count). The summed E-state index contributed by atoms with van der Waals surface area (Å²) < 4.78 is 0. The number of hydrogen-bond donors (Lipinski definition) is 2. The van der Waals surface area contributed by atoms with Crippen molar-refractivity contribution in [3.63, 3.8) is 0 Å². The van der Waals surface area contributed by atoms with Gasteiger partial charge < -0.3 is 16.0 Å². The number of nitrogens with one attached hydrogen (secondary N) is 1. The first-order valence-corrected chi connectivity index (χ1v) is 7.39. The summed E-state index contributed by atoms with van der Waals surface area (Å²) in [5.74, 6) is -0.631. The van der Waals surface area contributed by atoms with Crippen LogP contribution >= 0.6 is 11.6 Å². The molecule has 0 bridgehead atoms. The molecular formula is C15H20ClN3O2. The molecule has 21 heavy (non-hydrogen) atoms. The minimum atomic E-state index is -0.353. The fourth-order valence-electron chi connectivity index (χ4n) is 2.54. The summed E-state index contributed by atoms with van der Waals surface area (Å²) in [4.78, 5) is 25.4. The van der Waals surface area contributed by atoms with Crippen LogP contribution in [0.2, 0.25) is 5.02 Å². The zero-order valence-corrected chi connectivity index (χ0v) is 13.0. The number of carbonyl (C=O) groups is 2. The average molecular weight is 310 g/mol. The fraction of sp³-hybridized carbons (Fsp3) is 0.467. The first-order chi connectivity index (χ1) is 9.88. The predicted octanol–water partition coefficient (Wildman–Crippen LogP) is 2.77. The minimum Gasteiger partial charge on any atom is -0.369 e. The van der Waals surface area contributed by atoms with Gasteiger partial charge in [-0.15, -0.1) is 0 Å². The summed E-state index contributed by atoms with van der Waals surface area (Å²) in [5, 5.41) is 3.30. The van der Waals surface area contributed by atoms with Gasteiger partial charge in [-0.2, -0.15) is 0 Å². The molecule has 1 aromatic carbocycles. The third-order valence-corrected chi connectivity index (χ3v) is 4.24. The third kappa shape index (κ3) is 3.67. The number of benzene rings is 1. The zero-order chi connectivity index (χ0) is 15.6. The lowest BCUT2D eigenvalue weighted by Crippen LogP contribution is -2.50. The molecule has 5 nitrogen and oxygen atoms in total. The van der Waals surface area contributed by atoms with Gasteiger partial charge in [0, 0.05) is 12.6 Å². The van der Waals surface area contributed by atoms with Crippen molar-refractivity contribution >= 4 is 29.2 Å². The van der Waals surface area contributed by atoms with Crippen molar-refractivity contribution in [2.45, 2.75) is 32.7 Å². The number of nitrogens with two attached hydrogens (primary N) is 1. The number of rotatable bonds is 2. The Morgan fingerprint density at radius 1 is 1.38 bits per heavy atom. The number of amides is 3. The Hall–Kier alpha value is -1.75. The quantitative estimate of drug-likeness (QED) is 0.881. The highest BCUT2D eigenvalue weighted by molar-refractivity contribution is 6.33. The molecule has 0 aliphatic carbocycles. The standard InChI is InChI=1S/C15H20ClN3O2/c1-9-3-6-12(16)13(7-9)18-15(21)19-8-11(14(17)20)5-4-10(19)2/h3,6-7,10-11H,4-5,8H2,1-2H3,(H2,17,20)(H,18,21)/t10-,11+/m1/s1. The molecule has 0 aromatic heterocycles. The molecule has 1 fully saturated rings. The maximum Gasteiger partial charge on any atom is 0.322 e. The highest BCUT2D eigenvalue weighted by atomic mass is 35.5. The largest absolute Gasteiger partial charge is 0.369 e. The van der Waals surface area contributed by atoms with Crippen molar-refractivity contribution in [2.75, 3.05) is 11.9 Å². The number of halogens is 1. The Morgan fingerprint density at radius 2 is 2.10 bits per heavy atom. The number of likely N-dealkylation sites (tertiary alicyclic amines) is 1. The Bertz CT molecular complexity index is 562.